The van der Waals surface area contributed by atoms with E-state index in [1.54, 1.807) is 0 Å². The third kappa shape index (κ3) is 9.68. The van der Waals surface area contributed by atoms with Crippen LogP contribution in [-0.4, -0.2) is 9.52 Å². The van der Waals surface area contributed by atoms with Gasteiger partial charge in [-0.05, 0) is 0 Å². The van der Waals surface area contributed by atoms with E-state index in [1.165, 1.54) is 43.0 Å². The second kappa shape index (κ2) is 15.8. The van der Waals surface area contributed by atoms with E-state index < -0.39 is 20.8 Å². The van der Waals surface area contributed by atoms with Crippen LogP contribution in [0.2, 0.25) is 0 Å². The van der Waals surface area contributed by atoms with Gasteiger partial charge in [0.2, 0.25) is 0 Å². The number of hydrogen-bond donors (Lipinski definition) is 0. The van der Waals surface area contributed by atoms with Gasteiger partial charge in [0.25, 0.3) is 0 Å². The van der Waals surface area contributed by atoms with E-state index >= 15 is 0 Å². The summed E-state index contributed by atoms with van der Waals surface area (Å²) in [7, 11) is 10.1. The maximum Gasteiger partial charge on any atom is 0.103 e. The zero-order valence-corrected chi connectivity index (χ0v) is 25.7. The molecule has 6 aromatic carbocycles. The number of aryl methyl sites for hydroxylation is 2. The average Bonchev–Trinajstić information content (AvgIpc) is 3.47. The Hall–Kier alpha value is -2.22. The molecule has 0 saturated heterocycles. The van der Waals surface area contributed by atoms with Gasteiger partial charge in [0.15, 0.2) is 0 Å². The molecule has 0 aliphatic carbocycles. The van der Waals surface area contributed by atoms with Crippen molar-refractivity contribution in [3.8, 4) is 0 Å². The van der Waals surface area contributed by atoms with Crippen LogP contribution in [0.4, 0.5) is 0 Å². The van der Waals surface area contributed by atoms with Crippen LogP contribution in [0, 0.1) is 13.8 Å². The Morgan fingerprint density at radius 2 is 0.861 bits per heavy atom. The number of benzene rings is 4. The van der Waals surface area contributed by atoms with Crippen molar-refractivity contribution in [1.82, 2.24) is 0 Å². The standard InChI is InChI=1S/C12H11Si.2C10H9.2ClH.Zr/c1-3-7-11(8-4-1)13-12-9-5-2-6-10-12;2*1-8-6-9-4-2-3-5-10(9)7-8;;;/h1-10,13H;2*2-7H,1H3;2*1H;/q;2*-1;;;+4/p-2. The Labute approximate surface area is 236 Å². The average molecular weight is 604 g/mol. The summed E-state index contributed by atoms with van der Waals surface area (Å²) in [4.78, 5) is 0. The van der Waals surface area contributed by atoms with Crippen molar-refractivity contribution in [1.29, 1.82) is 0 Å². The number of rotatable bonds is 2. The summed E-state index contributed by atoms with van der Waals surface area (Å²) < 4.78 is 0. The van der Waals surface area contributed by atoms with Crippen molar-refractivity contribution in [3.05, 3.63) is 145 Å². The molecule has 0 N–H and O–H groups in total. The predicted octanol–water partition coefficient (Wildman–Crippen LogP) is 8.18. The third-order valence-electron chi connectivity index (χ3n) is 5.46. The van der Waals surface area contributed by atoms with Gasteiger partial charge in [-0.25, -0.2) is 0 Å². The van der Waals surface area contributed by atoms with Crippen LogP contribution in [0.1, 0.15) is 11.1 Å². The molecule has 0 unspecified atom stereocenters. The van der Waals surface area contributed by atoms with Gasteiger partial charge in [-0.3, -0.25) is 0 Å². The topological polar surface area (TPSA) is 0 Å². The maximum atomic E-state index is 4.93. The summed E-state index contributed by atoms with van der Waals surface area (Å²) in [6.07, 6.45) is 0. The Morgan fingerprint density at radius 1 is 0.528 bits per heavy atom. The van der Waals surface area contributed by atoms with Gasteiger partial charge in [0, 0.05) is 0 Å². The first-order chi connectivity index (χ1) is 17.6. The van der Waals surface area contributed by atoms with E-state index in [0.717, 1.165) is 0 Å². The van der Waals surface area contributed by atoms with Crippen molar-refractivity contribution < 1.29 is 20.8 Å². The first-order valence-electron chi connectivity index (χ1n) is 11.7. The largest absolute Gasteiger partial charge is 0.103 e. The Balaban J connectivity index is 0.000000144. The van der Waals surface area contributed by atoms with Gasteiger partial charge < -0.3 is 0 Å². The molecule has 36 heavy (non-hydrogen) atoms. The molecule has 1 radical (unpaired) electrons. The van der Waals surface area contributed by atoms with Gasteiger partial charge >= 0.3 is 37.9 Å². The molecule has 0 heterocycles. The van der Waals surface area contributed by atoms with Gasteiger partial charge in [-0.1, -0.05) is 97.0 Å². The monoisotopic (exact) mass is 601 g/mol. The Bertz CT molecular complexity index is 1250. The molecule has 6 aromatic rings. The van der Waals surface area contributed by atoms with E-state index in [2.05, 4.69) is 147 Å². The minimum Gasteiger partial charge on any atom is -0.0632 e. The van der Waals surface area contributed by atoms with E-state index in [0.29, 0.717) is 0 Å². The van der Waals surface area contributed by atoms with E-state index in [4.69, 9.17) is 17.0 Å². The molecule has 0 amide bonds. The summed E-state index contributed by atoms with van der Waals surface area (Å²) in [5.41, 5.74) is 2.70. The molecule has 0 aliphatic heterocycles. The van der Waals surface area contributed by atoms with Crippen LogP contribution in [0.5, 0.6) is 0 Å². The van der Waals surface area contributed by atoms with Crippen molar-refractivity contribution in [2.45, 2.75) is 13.8 Å². The fraction of sp³-hybridized carbons (Fsp3) is 0.0625. The minimum atomic E-state index is -0.826. The van der Waals surface area contributed by atoms with Crippen molar-refractivity contribution in [2.75, 3.05) is 0 Å². The molecule has 0 spiro atoms. The molecule has 6 rings (SSSR count). The fourth-order valence-electron chi connectivity index (χ4n) is 3.90. The van der Waals surface area contributed by atoms with Crippen LogP contribution in [0.3, 0.4) is 0 Å². The van der Waals surface area contributed by atoms with Gasteiger partial charge in [0.05, 0.1) is 0 Å². The molecule has 0 bridgehead atoms. The summed E-state index contributed by atoms with van der Waals surface area (Å²) in [6.45, 7) is 4.25. The van der Waals surface area contributed by atoms with Crippen LogP contribution in [-0.2, 0) is 20.8 Å². The van der Waals surface area contributed by atoms with E-state index in [-0.39, 0.29) is 9.52 Å². The molecule has 0 saturated carbocycles. The first kappa shape index (κ1) is 28.4. The molecule has 4 heteroatoms. The van der Waals surface area contributed by atoms with Crippen molar-refractivity contribution in [3.63, 3.8) is 0 Å². The van der Waals surface area contributed by atoms with E-state index in [9.17, 15) is 0 Å². The van der Waals surface area contributed by atoms with Gasteiger partial charge in [0.1, 0.15) is 9.52 Å². The van der Waals surface area contributed by atoms with Crippen molar-refractivity contribution in [2.24, 2.45) is 0 Å². The quantitative estimate of drug-likeness (QED) is 0.138. The second-order valence-electron chi connectivity index (χ2n) is 8.36. The molecule has 0 nitrogen and oxygen atoms in total. The van der Waals surface area contributed by atoms with Crippen molar-refractivity contribution >= 4 is 58.5 Å². The number of fused-ring (bicyclic) bond motifs is 2. The normalized spacial score (nSPS) is 9.67. The Morgan fingerprint density at radius 3 is 1.22 bits per heavy atom. The zero-order valence-electron chi connectivity index (χ0n) is 20.5. The summed E-state index contributed by atoms with van der Waals surface area (Å²) in [6, 6.07) is 47.0. The SMILES string of the molecule is Cc1cc2ccccc2[cH-]1.Cc1cc2ccccc2[cH-]1.[Cl][Zr+2][Cl].c1ccc([SiH]c2ccccc2)cc1. The number of halogens is 2. The molecule has 0 aromatic heterocycles. The summed E-state index contributed by atoms with van der Waals surface area (Å²) >= 11 is -0.826. The molecular formula is C32H29Cl2SiZr. The third-order valence-corrected chi connectivity index (χ3v) is 6.89. The van der Waals surface area contributed by atoms with E-state index in [1.807, 2.05) is 0 Å². The summed E-state index contributed by atoms with van der Waals surface area (Å²) in [5.74, 6) is 0. The Kier molecular flexibility index (Phi) is 12.4. The van der Waals surface area contributed by atoms with Gasteiger partial charge in [-0.2, -0.15) is 12.1 Å². The predicted molar refractivity (Wildman–Crippen MR) is 160 cm³/mol. The molecule has 0 fully saturated rings. The zero-order chi connectivity index (χ0) is 25.6. The fourth-order valence-corrected chi connectivity index (χ4v) is 5.12. The molecular weight excluding hydrogens is 575 g/mol. The molecule has 179 valence electrons. The first-order valence-corrected chi connectivity index (χ1v) is 19.2. The van der Waals surface area contributed by atoms with Gasteiger partial charge in [-0.15, -0.1) is 81.2 Å². The van der Waals surface area contributed by atoms with Crippen LogP contribution in [0.25, 0.3) is 21.5 Å². The minimum absolute atomic E-state index is 0.271. The number of hydrogen-bond acceptors (Lipinski definition) is 0. The second-order valence-corrected chi connectivity index (χ2v) is 13.7. The molecule has 0 atom stereocenters. The maximum absolute atomic E-state index is 4.93. The summed E-state index contributed by atoms with van der Waals surface area (Å²) in [5, 5.41) is 8.29. The van der Waals surface area contributed by atoms with Crippen LogP contribution < -0.4 is 10.4 Å². The van der Waals surface area contributed by atoms with Crippen LogP contribution in [0.15, 0.2) is 133 Å². The smallest absolute Gasteiger partial charge is 0.0632 e. The molecule has 0 aliphatic rings. The van der Waals surface area contributed by atoms with Crippen LogP contribution >= 0.6 is 17.0 Å².